The number of benzene rings is 2. The first-order chi connectivity index (χ1) is 14.6. The number of non-ortho nitro benzene ring substituents is 1. The van der Waals surface area contributed by atoms with E-state index >= 15 is 0 Å². The van der Waals surface area contributed by atoms with E-state index in [0.29, 0.717) is 28.7 Å². The standard InChI is InChI=1S/C21H15N5O4/c27-21(15-3-7-17(8-4-15)26(28)29)24-16-5-9-18(10-6-16)30-20-13-19(22-14-23-20)25-11-1-2-12-25/h1-14H,(H,24,27). The van der Waals surface area contributed by atoms with Crippen molar-refractivity contribution in [2.75, 3.05) is 5.32 Å². The minimum atomic E-state index is -0.514. The highest BCUT2D eigenvalue weighted by Crippen LogP contribution is 2.23. The molecule has 0 bridgehead atoms. The van der Waals surface area contributed by atoms with Gasteiger partial charge in [-0.05, 0) is 48.5 Å². The Morgan fingerprint density at radius 3 is 2.37 bits per heavy atom. The van der Waals surface area contributed by atoms with E-state index in [1.54, 1.807) is 30.3 Å². The van der Waals surface area contributed by atoms with Gasteiger partial charge in [0.1, 0.15) is 17.9 Å². The number of carbonyl (C=O) groups excluding carboxylic acids is 1. The van der Waals surface area contributed by atoms with Crippen molar-refractivity contribution in [3.8, 4) is 17.4 Å². The van der Waals surface area contributed by atoms with Gasteiger partial charge in [-0.1, -0.05) is 0 Å². The molecule has 2 heterocycles. The lowest BCUT2D eigenvalue weighted by molar-refractivity contribution is -0.384. The molecule has 9 heteroatoms. The largest absolute Gasteiger partial charge is 0.439 e. The predicted octanol–water partition coefficient (Wildman–Crippen LogP) is 4.22. The molecule has 4 aromatic rings. The summed E-state index contributed by atoms with van der Waals surface area (Å²) in [4.78, 5) is 30.8. The van der Waals surface area contributed by atoms with Gasteiger partial charge in [0.25, 0.3) is 11.6 Å². The van der Waals surface area contributed by atoms with Crippen molar-refractivity contribution in [3.63, 3.8) is 0 Å². The number of rotatable bonds is 6. The fraction of sp³-hybridized carbons (Fsp3) is 0. The van der Waals surface area contributed by atoms with Crippen LogP contribution < -0.4 is 10.1 Å². The summed E-state index contributed by atoms with van der Waals surface area (Å²) in [5, 5.41) is 13.4. The van der Waals surface area contributed by atoms with Gasteiger partial charge in [-0.15, -0.1) is 0 Å². The van der Waals surface area contributed by atoms with Crippen LogP contribution in [0.1, 0.15) is 10.4 Å². The maximum Gasteiger partial charge on any atom is 0.269 e. The molecule has 1 N–H and O–H groups in total. The highest BCUT2D eigenvalue weighted by atomic mass is 16.6. The summed E-state index contributed by atoms with van der Waals surface area (Å²) in [7, 11) is 0. The topological polar surface area (TPSA) is 112 Å². The van der Waals surface area contributed by atoms with Crippen molar-refractivity contribution in [1.82, 2.24) is 14.5 Å². The Balaban J connectivity index is 1.41. The van der Waals surface area contributed by atoms with Crippen LogP contribution in [0.2, 0.25) is 0 Å². The van der Waals surface area contributed by atoms with Crippen LogP contribution in [-0.4, -0.2) is 25.4 Å². The van der Waals surface area contributed by atoms with Crippen LogP contribution in [0, 0.1) is 10.1 Å². The van der Waals surface area contributed by atoms with E-state index in [1.807, 2.05) is 29.1 Å². The summed E-state index contributed by atoms with van der Waals surface area (Å²) in [6.45, 7) is 0. The molecule has 0 fully saturated rings. The average Bonchev–Trinajstić information content (AvgIpc) is 3.30. The van der Waals surface area contributed by atoms with Crippen molar-refractivity contribution in [3.05, 3.63) is 101 Å². The van der Waals surface area contributed by atoms with E-state index in [1.165, 1.54) is 30.6 Å². The predicted molar refractivity (Wildman–Crippen MR) is 109 cm³/mol. The number of hydrogen-bond donors (Lipinski definition) is 1. The summed E-state index contributed by atoms with van der Waals surface area (Å²) >= 11 is 0. The highest BCUT2D eigenvalue weighted by molar-refractivity contribution is 6.04. The minimum Gasteiger partial charge on any atom is -0.439 e. The van der Waals surface area contributed by atoms with Gasteiger partial charge in [-0.2, -0.15) is 0 Å². The SMILES string of the molecule is O=C(Nc1ccc(Oc2cc(-n3cccc3)ncn2)cc1)c1ccc([N+](=O)[O-])cc1. The number of nitro benzene ring substituents is 1. The van der Waals surface area contributed by atoms with Crippen LogP contribution in [0.3, 0.4) is 0 Å². The third-order valence-electron chi connectivity index (χ3n) is 4.17. The smallest absolute Gasteiger partial charge is 0.269 e. The van der Waals surface area contributed by atoms with E-state index in [2.05, 4.69) is 15.3 Å². The molecular formula is C21H15N5O4. The fourth-order valence-corrected chi connectivity index (χ4v) is 2.68. The number of carbonyl (C=O) groups is 1. The van der Waals surface area contributed by atoms with Gasteiger partial charge in [0.15, 0.2) is 0 Å². The summed E-state index contributed by atoms with van der Waals surface area (Å²) in [6, 6.07) is 17.7. The van der Waals surface area contributed by atoms with Crippen LogP contribution in [-0.2, 0) is 0 Å². The lowest BCUT2D eigenvalue weighted by Crippen LogP contribution is -2.11. The molecule has 4 rings (SSSR count). The van der Waals surface area contributed by atoms with Gasteiger partial charge < -0.3 is 14.6 Å². The Bertz CT molecular complexity index is 1170. The third kappa shape index (κ3) is 4.30. The fourth-order valence-electron chi connectivity index (χ4n) is 2.68. The summed E-state index contributed by atoms with van der Waals surface area (Å²) < 4.78 is 7.59. The molecule has 0 saturated carbocycles. The van der Waals surface area contributed by atoms with Crippen molar-refractivity contribution < 1.29 is 14.5 Å². The van der Waals surface area contributed by atoms with E-state index in [4.69, 9.17) is 4.74 Å². The maximum atomic E-state index is 12.3. The lowest BCUT2D eigenvalue weighted by atomic mass is 10.2. The first-order valence-electron chi connectivity index (χ1n) is 8.87. The monoisotopic (exact) mass is 401 g/mol. The van der Waals surface area contributed by atoms with E-state index < -0.39 is 4.92 Å². The van der Waals surface area contributed by atoms with Gasteiger partial charge in [0.2, 0.25) is 5.88 Å². The first-order valence-corrected chi connectivity index (χ1v) is 8.87. The van der Waals surface area contributed by atoms with Crippen LogP contribution in [0.4, 0.5) is 11.4 Å². The molecule has 2 aromatic carbocycles. The maximum absolute atomic E-state index is 12.3. The molecule has 0 aliphatic heterocycles. The number of nitrogens with zero attached hydrogens (tertiary/aromatic N) is 4. The zero-order valence-electron chi connectivity index (χ0n) is 15.5. The second-order valence-corrected chi connectivity index (χ2v) is 6.19. The Labute approximate surface area is 170 Å². The number of ether oxygens (including phenoxy) is 1. The first kappa shape index (κ1) is 18.8. The summed E-state index contributed by atoms with van der Waals surface area (Å²) in [6.07, 6.45) is 5.16. The molecule has 148 valence electrons. The number of hydrogen-bond acceptors (Lipinski definition) is 6. The summed E-state index contributed by atoms with van der Waals surface area (Å²) in [5.74, 6) is 1.24. The molecule has 0 unspecified atom stereocenters. The second kappa shape index (κ2) is 8.23. The third-order valence-corrected chi connectivity index (χ3v) is 4.17. The van der Waals surface area contributed by atoms with Gasteiger partial charge >= 0.3 is 0 Å². The number of aromatic nitrogens is 3. The van der Waals surface area contributed by atoms with Gasteiger partial charge in [-0.25, -0.2) is 9.97 Å². The van der Waals surface area contributed by atoms with Gasteiger partial charge in [0, 0.05) is 41.8 Å². The number of amides is 1. The number of nitro groups is 1. The zero-order valence-corrected chi connectivity index (χ0v) is 15.5. The van der Waals surface area contributed by atoms with Crippen molar-refractivity contribution in [2.24, 2.45) is 0 Å². The van der Waals surface area contributed by atoms with Crippen molar-refractivity contribution >= 4 is 17.3 Å². The molecule has 1 amide bonds. The van der Waals surface area contributed by atoms with Gasteiger partial charge in [0.05, 0.1) is 4.92 Å². The normalized spacial score (nSPS) is 10.4. The summed E-state index contributed by atoms with van der Waals surface area (Å²) in [5.41, 5.74) is 0.804. The van der Waals surface area contributed by atoms with Crippen LogP contribution in [0.25, 0.3) is 5.82 Å². The molecule has 0 saturated heterocycles. The van der Waals surface area contributed by atoms with E-state index in [0.717, 1.165) is 0 Å². The molecular weight excluding hydrogens is 386 g/mol. The van der Waals surface area contributed by atoms with Crippen LogP contribution in [0.15, 0.2) is 85.5 Å². The van der Waals surface area contributed by atoms with Crippen LogP contribution >= 0.6 is 0 Å². The average molecular weight is 401 g/mol. The Kier molecular flexibility index (Phi) is 5.16. The van der Waals surface area contributed by atoms with E-state index in [9.17, 15) is 14.9 Å². The number of anilines is 1. The van der Waals surface area contributed by atoms with Gasteiger partial charge in [-0.3, -0.25) is 14.9 Å². The molecule has 9 nitrogen and oxygen atoms in total. The molecule has 0 spiro atoms. The molecule has 0 atom stereocenters. The zero-order chi connectivity index (χ0) is 20.9. The Morgan fingerprint density at radius 2 is 1.70 bits per heavy atom. The minimum absolute atomic E-state index is 0.0716. The number of nitrogens with one attached hydrogen (secondary N) is 1. The van der Waals surface area contributed by atoms with Crippen LogP contribution in [0.5, 0.6) is 11.6 Å². The highest BCUT2D eigenvalue weighted by Gasteiger charge is 2.10. The van der Waals surface area contributed by atoms with Crippen molar-refractivity contribution in [1.29, 1.82) is 0 Å². The molecule has 0 aliphatic carbocycles. The molecule has 2 aromatic heterocycles. The second-order valence-electron chi connectivity index (χ2n) is 6.19. The van der Waals surface area contributed by atoms with E-state index in [-0.39, 0.29) is 11.6 Å². The lowest BCUT2D eigenvalue weighted by Gasteiger charge is -2.08. The quantitative estimate of drug-likeness (QED) is 0.382. The molecule has 0 aliphatic rings. The molecule has 30 heavy (non-hydrogen) atoms. The Morgan fingerprint density at radius 1 is 1.00 bits per heavy atom. The Hall–Kier alpha value is -4.53. The molecule has 0 radical (unpaired) electrons. The van der Waals surface area contributed by atoms with Crippen molar-refractivity contribution in [2.45, 2.75) is 0 Å².